The minimum atomic E-state index is -0.228. The maximum atomic E-state index is 13.8. The second kappa shape index (κ2) is 5.95. The second-order valence-electron chi connectivity index (χ2n) is 4.74. The summed E-state index contributed by atoms with van der Waals surface area (Å²) < 4.78 is 15.8. The number of aryl methyl sites for hydroxylation is 3. The summed E-state index contributed by atoms with van der Waals surface area (Å²) in [5, 5.41) is 0. The third-order valence-electron chi connectivity index (χ3n) is 3.31. The van der Waals surface area contributed by atoms with Gasteiger partial charge in [-0.2, -0.15) is 0 Å². The Labute approximate surface area is 112 Å². The van der Waals surface area contributed by atoms with Gasteiger partial charge in [0, 0.05) is 37.5 Å². The van der Waals surface area contributed by atoms with Crippen LogP contribution in [0.15, 0.2) is 30.6 Å². The summed E-state index contributed by atoms with van der Waals surface area (Å²) in [4.78, 5) is 4.26. The van der Waals surface area contributed by atoms with E-state index in [2.05, 4.69) is 10.4 Å². The summed E-state index contributed by atoms with van der Waals surface area (Å²) >= 11 is 0. The fourth-order valence-electron chi connectivity index (χ4n) is 2.17. The monoisotopic (exact) mass is 262 g/mol. The fraction of sp³-hybridized carbons (Fsp3) is 0.357. The number of hydrogen-bond acceptors (Lipinski definition) is 3. The van der Waals surface area contributed by atoms with Crippen molar-refractivity contribution in [3.8, 4) is 0 Å². The van der Waals surface area contributed by atoms with Gasteiger partial charge in [0.15, 0.2) is 0 Å². The molecule has 102 valence electrons. The normalized spacial score (nSPS) is 12.6. The van der Waals surface area contributed by atoms with E-state index in [1.165, 1.54) is 6.07 Å². The maximum Gasteiger partial charge on any atom is 0.128 e. The average molecular weight is 262 g/mol. The summed E-state index contributed by atoms with van der Waals surface area (Å²) in [6.07, 6.45) is 5.09. The number of benzene rings is 1. The summed E-state index contributed by atoms with van der Waals surface area (Å²) in [5.41, 5.74) is 4.32. The van der Waals surface area contributed by atoms with Gasteiger partial charge < -0.3 is 4.57 Å². The molecule has 0 fully saturated rings. The van der Waals surface area contributed by atoms with Crippen molar-refractivity contribution in [3.05, 3.63) is 53.4 Å². The molecule has 19 heavy (non-hydrogen) atoms. The molecule has 1 atom stereocenters. The Kier molecular flexibility index (Phi) is 4.29. The van der Waals surface area contributed by atoms with Gasteiger partial charge in [-0.15, -0.1) is 0 Å². The van der Waals surface area contributed by atoms with E-state index in [1.807, 2.05) is 30.8 Å². The minimum Gasteiger partial charge on any atom is -0.338 e. The Hall–Kier alpha value is -1.72. The van der Waals surface area contributed by atoms with Crippen LogP contribution in [0, 0.1) is 12.7 Å². The zero-order valence-electron chi connectivity index (χ0n) is 11.2. The highest BCUT2D eigenvalue weighted by molar-refractivity contribution is 5.26. The standard InChI is InChI=1S/C14H19FN4/c1-10-3-4-12(15)11(9-10)13(18-16)5-6-14-17-7-8-19(14)2/h3-4,7-9,13,18H,5-6,16H2,1-2H3. The number of halogens is 1. The number of hydrogen-bond donors (Lipinski definition) is 2. The lowest BCUT2D eigenvalue weighted by molar-refractivity contribution is 0.478. The molecule has 4 nitrogen and oxygen atoms in total. The van der Waals surface area contributed by atoms with Crippen LogP contribution in [0.25, 0.3) is 0 Å². The summed E-state index contributed by atoms with van der Waals surface area (Å²) in [5.74, 6) is 6.30. The van der Waals surface area contributed by atoms with Crippen LogP contribution in [0.2, 0.25) is 0 Å². The third kappa shape index (κ3) is 3.19. The number of hydrazine groups is 1. The molecule has 2 rings (SSSR count). The van der Waals surface area contributed by atoms with Crippen LogP contribution in [-0.2, 0) is 13.5 Å². The van der Waals surface area contributed by atoms with Crippen LogP contribution in [0.5, 0.6) is 0 Å². The van der Waals surface area contributed by atoms with Crippen molar-refractivity contribution >= 4 is 0 Å². The van der Waals surface area contributed by atoms with Gasteiger partial charge in [0.05, 0.1) is 0 Å². The van der Waals surface area contributed by atoms with Gasteiger partial charge in [0.25, 0.3) is 0 Å². The highest BCUT2D eigenvalue weighted by Gasteiger charge is 2.15. The van der Waals surface area contributed by atoms with Gasteiger partial charge in [0.2, 0.25) is 0 Å². The Bertz CT molecular complexity index is 550. The minimum absolute atomic E-state index is 0.211. The van der Waals surface area contributed by atoms with Crippen molar-refractivity contribution < 1.29 is 4.39 Å². The molecule has 0 aliphatic carbocycles. The van der Waals surface area contributed by atoms with Crippen LogP contribution in [0.3, 0.4) is 0 Å². The molecule has 0 aliphatic heterocycles. The molecular weight excluding hydrogens is 243 g/mol. The number of nitrogens with two attached hydrogens (primary N) is 1. The summed E-state index contributed by atoms with van der Waals surface area (Å²) in [7, 11) is 1.94. The SMILES string of the molecule is Cc1ccc(F)c(C(CCc2nccn2C)NN)c1. The third-order valence-corrected chi connectivity index (χ3v) is 3.31. The van der Waals surface area contributed by atoms with Crippen molar-refractivity contribution in [2.24, 2.45) is 12.9 Å². The van der Waals surface area contributed by atoms with Crippen LogP contribution in [0.4, 0.5) is 4.39 Å². The van der Waals surface area contributed by atoms with Gasteiger partial charge in [0.1, 0.15) is 11.6 Å². The van der Waals surface area contributed by atoms with Crippen molar-refractivity contribution in [2.45, 2.75) is 25.8 Å². The van der Waals surface area contributed by atoms with Crippen LogP contribution in [-0.4, -0.2) is 9.55 Å². The van der Waals surface area contributed by atoms with E-state index in [-0.39, 0.29) is 11.9 Å². The molecule has 3 N–H and O–H groups in total. The van der Waals surface area contributed by atoms with E-state index in [1.54, 1.807) is 12.3 Å². The molecule has 1 heterocycles. The molecule has 0 spiro atoms. The van der Waals surface area contributed by atoms with Gasteiger partial charge in [-0.05, 0) is 19.4 Å². The van der Waals surface area contributed by atoms with Gasteiger partial charge >= 0.3 is 0 Å². The van der Waals surface area contributed by atoms with Crippen LogP contribution < -0.4 is 11.3 Å². The number of nitrogens with one attached hydrogen (secondary N) is 1. The predicted octanol–water partition coefficient (Wildman–Crippen LogP) is 2.00. The molecule has 1 aromatic heterocycles. The average Bonchev–Trinajstić information content (AvgIpc) is 2.80. The van der Waals surface area contributed by atoms with Crippen LogP contribution >= 0.6 is 0 Å². The summed E-state index contributed by atoms with van der Waals surface area (Å²) in [6, 6.07) is 4.86. The number of nitrogens with zero attached hydrogens (tertiary/aromatic N) is 2. The molecule has 0 aliphatic rings. The fourth-order valence-corrected chi connectivity index (χ4v) is 2.17. The number of rotatable bonds is 5. The van der Waals surface area contributed by atoms with Gasteiger partial charge in [-0.1, -0.05) is 17.7 Å². The Morgan fingerprint density at radius 3 is 2.89 bits per heavy atom. The Morgan fingerprint density at radius 1 is 1.47 bits per heavy atom. The largest absolute Gasteiger partial charge is 0.338 e. The van der Waals surface area contributed by atoms with Crippen molar-refractivity contribution in [2.75, 3.05) is 0 Å². The first kappa shape index (κ1) is 13.7. The Balaban J connectivity index is 2.12. The molecule has 1 unspecified atom stereocenters. The first-order valence-corrected chi connectivity index (χ1v) is 6.30. The molecular formula is C14H19FN4. The van der Waals surface area contributed by atoms with E-state index >= 15 is 0 Å². The van der Waals surface area contributed by atoms with E-state index in [0.29, 0.717) is 12.0 Å². The molecule has 2 aromatic rings. The van der Waals surface area contributed by atoms with Crippen molar-refractivity contribution in [3.63, 3.8) is 0 Å². The van der Waals surface area contributed by atoms with Gasteiger partial charge in [-0.3, -0.25) is 11.3 Å². The smallest absolute Gasteiger partial charge is 0.128 e. The van der Waals surface area contributed by atoms with E-state index < -0.39 is 0 Å². The number of imidazole rings is 1. The van der Waals surface area contributed by atoms with Gasteiger partial charge in [-0.25, -0.2) is 9.37 Å². The lowest BCUT2D eigenvalue weighted by atomic mass is 10.00. The first-order chi connectivity index (χ1) is 9.11. The van der Waals surface area contributed by atoms with E-state index in [9.17, 15) is 4.39 Å². The van der Waals surface area contributed by atoms with Crippen molar-refractivity contribution in [1.29, 1.82) is 0 Å². The molecule has 0 bridgehead atoms. The quantitative estimate of drug-likeness (QED) is 0.640. The maximum absolute atomic E-state index is 13.8. The molecule has 5 heteroatoms. The molecule has 0 saturated carbocycles. The van der Waals surface area contributed by atoms with Crippen molar-refractivity contribution in [1.82, 2.24) is 15.0 Å². The number of aromatic nitrogens is 2. The highest BCUT2D eigenvalue weighted by atomic mass is 19.1. The predicted molar refractivity (Wildman–Crippen MR) is 72.7 cm³/mol. The van der Waals surface area contributed by atoms with E-state index in [4.69, 9.17) is 5.84 Å². The lowest BCUT2D eigenvalue weighted by Crippen LogP contribution is -2.29. The topological polar surface area (TPSA) is 55.9 Å². The van der Waals surface area contributed by atoms with E-state index in [0.717, 1.165) is 17.8 Å². The molecule has 0 radical (unpaired) electrons. The molecule has 0 saturated heterocycles. The first-order valence-electron chi connectivity index (χ1n) is 6.30. The molecule has 0 amide bonds. The molecule has 1 aromatic carbocycles. The van der Waals surface area contributed by atoms with Crippen LogP contribution in [0.1, 0.15) is 29.4 Å². The zero-order chi connectivity index (χ0) is 13.8. The summed E-state index contributed by atoms with van der Waals surface area (Å²) in [6.45, 7) is 1.94. The zero-order valence-corrected chi connectivity index (χ0v) is 11.2. The Morgan fingerprint density at radius 2 is 2.26 bits per heavy atom. The second-order valence-corrected chi connectivity index (χ2v) is 4.74. The highest BCUT2D eigenvalue weighted by Crippen LogP contribution is 2.22. The lowest BCUT2D eigenvalue weighted by Gasteiger charge is -2.17.